The molecule has 2 aromatic heterocycles. The molecule has 0 radical (unpaired) electrons. The largest absolute Gasteiger partial charge is 0.388 e. The molecule has 13 heteroatoms. The van der Waals surface area contributed by atoms with E-state index < -0.39 is 16.9 Å². The third kappa shape index (κ3) is 4.67. The molecule has 0 aliphatic carbocycles. The van der Waals surface area contributed by atoms with Crippen LogP contribution in [0.5, 0.6) is 0 Å². The Morgan fingerprint density at radius 1 is 1.38 bits per heavy atom. The lowest BCUT2D eigenvalue weighted by molar-refractivity contribution is 0.0890. The topological polar surface area (TPSA) is 116 Å². The Morgan fingerprint density at radius 3 is 2.76 bits per heavy atom. The van der Waals surface area contributed by atoms with Crippen LogP contribution in [-0.2, 0) is 11.0 Å². The zero-order valence-electron chi connectivity index (χ0n) is 18.6. The molecule has 1 aliphatic heterocycles. The molecule has 3 heterocycles. The van der Waals surface area contributed by atoms with E-state index >= 15 is 0 Å². The van der Waals surface area contributed by atoms with Crippen molar-refractivity contribution < 1.29 is 12.9 Å². The molecule has 1 fully saturated rings. The van der Waals surface area contributed by atoms with Gasteiger partial charge in [0.1, 0.15) is 11.2 Å². The fraction of sp³-hybridized carbons (Fsp3) is 0.333. The second kappa shape index (κ2) is 9.98. The Bertz CT molecular complexity index is 1300. The fourth-order valence-corrected chi connectivity index (χ4v) is 5.10. The summed E-state index contributed by atoms with van der Waals surface area (Å²) in [5.41, 5.74) is 2.06. The van der Waals surface area contributed by atoms with Gasteiger partial charge in [0.25, 0.3) is 5.91 Å². The first-order chi connectivity index (χ1) is 16.2. The van der Waals surface area contributed by atoms with Crippen LogP contribution in [-0.4, -0.2) is 66.5 Å². The molecule has 1 aliphatic rings. The number of halogens is 2. The number of rotatable bonds is 8. The highest BCUT2D eigenvalue weighted by Crippen LogP contribution is 2.27. The average Bonchev–Trinajstić information content (AvgIpc) is 3.15. The quantitative estimate of drug-likeness (QED) is 0.390. The Hall–Kier alpha value is -2.54. The molecule has 0 spiro atoms. The third-order valence-corrected chi connectivity index (χ3v) is 7.55. The lowest BCUT2D eigenvalue weighted by Gasteiger charge is -2.40. The molecule has 4 rings (SSSR count). The lowest BCUT2D eigenvalue weighted by atomic mass is 9.95. The van der Waals surface area contributed by atoms with Crippen molar-refractivity contribution in [2.75, 3.05) is 31.7 Å². The third-order valence-electron chi connectivity index (χ3n) is 5.86. The molecule has 2 atom stereocenters. The van der Waals surface area contributed by atoms with E-state index in [1.807, 2.05) is 11.2 Å². The molecule has 1 amide bonds. The highest BCUT2D eigenvalue weighted by molar-refractivity contribution is 7.92. The van der Waals surface area contributed by atoms with Crippen molar-refractivity contribution in [3.63, 3.8) is 0 Å². The predicted octanol–water partition coefficient (Wildman–Crippen LogP) is 3.27. The summed E-state index contributed by atoms with van der Waals surface area (Å²) in [6.45, 7) is 3.14. The molecule has 0 saturated carbocycles. The first-order valence-corrected chi connectivity index (χ1v) is 12.9. The summed E-state index contributed by atoms with van der Waals surface area (Å²) in [5, 5.41) is 15.1. The van der Waals surface area contributed by atoms with E-state index in [0.29, 0.717) is 29.4 Å². The molecule has 9 nitrogen and oxygen atoms in total. The normalized spacial score (nSPS) is 16.1. The number of carbonyl (C=O) groups excluding carboxylic acids is 1. The van der Waals surface area contributed by atoms with Gasteiger partial charge in [-0.05, 0) is 25.1 Å². The molecular weight excluding hydrogens is 501 g/mol. The minimum atomic E-state index is -1.03. The Morgan fingerprint density at radius 2 is 2.12 bits per heavy atom. The Kier molecular flexibility index (Phi) is 7.22. The first-order valence-electron chi connectivity index (χ1n) is 10.4. The van der Waals surface area contributed by atoms with Gasteiger partial charge in [-0.2, -0.15) is 0 Å². The number of fused-ring (bicyclic) bond motifs is 1. The van der Waals surface area contributed by atoms with Gasteiger partial charge in [0.05, 0.1) is 28.5 Å². The molecule has 0 bridgehead atoms. The van der Waals surface area contributed by atoms with Crippen molar-refractivity contribution >= 4 is 63.4 Å². The van der Waals surface area contributed by atoms with Gasteiger partial charge in [-0.25, -0.2) is 22.5 Å². The number of carbonyl (C=O) groups is 1. The SMILES string of the molecule is CNc1cc(Cl)ccc1C(=N)c1cnc2c(n1)c(C(=O)NC(C)C1CN(S(C)=O)C1)cn2SF. The van der Waals surface area contributed by atoms with Gasteiger partial charge in [-0.1, -0.05) is 11.6 Å². The molecule has 2 unspecified atom stereocenters. The van der Waals surface area contributed by atoms with Crippen molar-refractivity contribution in [1.82, 2.24) is 23.6 Å². The molecule has 1 saturated heterocycles. The van der Waals surface area contributed by atoms with Crippen LogP contribution in [0.15, 0.2) is 30.6 Å². The zero-order valence-corrected chi connectivity index (χ0v) is 21.0. The van der Waals surface area contributed by atoms with E-state index in [1.54, 1.807) is 31.5 Å². The van der Waals surface area contributed by atoms with Crippen LogP contribution in [0.3, 0.4) is 0 Å². The van der Waals surface area contributed by atoms with Gasteiger partial charge < -0.3 is 10.6 Å². The maximum atomic E-state index is 13.5. The summed E-state index contributed by atoms with van der Waals surface area (Å²) in [7, 11) is 0.691. The van der Waals surface area contributed by atoms with E-state index in [1.165, 1.54) is 12.4 Å². The number of nitrogens with one attached hydrogen (secondary N) is 3. The number of hydrogen-bond donors (Lipinski definition) is 3. The van der Waals surface area contributed by atoms with E-state index in [2.05, 4.69) is 20.6 Å². The number of hydrogen-bond acceptors (Lipinski definition) is 7. The molecule has 3 aromatic rings. The minimum Gasteiger partial charge on any atom is -0.388 e. The smallest absolute Gasteiger partial charge is 0.255 e. The summed E-state index contributed by atoms with van der Waals surface area (Å²) in [5.74, 6) is -0.252. The summed E-state index contributed by atoms with van der Waals surface area (Å²) >= 11 is 5.97. The monoisotopic (exact) mass is 523 g/mol. The van der Waals surface area contributed by atoms with E-state index in [4.69, 9.17) is 17.0 Å². The van der Waals surface area contributed by atoms with Gasteiger partial charge in [0.2, 0.25) is 0 Å². The van der Waals surface area contributed by atoms with Crippen LogP contribution in [0.4, 0.5) is 9.57 Å². The van der Waals surface area contributed by atoms with Crippen LogP contribution in [0.2, 0.25) is 5.02 Å². The summed E-state index contributed by atoms with van der Waals surface area (Å²) in [6.07, 6.45) is 4.35. The van der Waals surface area contributed by atoms with Gasteiger partial charge in [0, 0.05) is 60.8 Å². The first kappa shape index (κ1) is 24.6. The van der Waals surface area contributed by atoms with Crippen LogP contribution in [0.1, 0.15) is 28.5 Å². The minimum absolute atomic E-state index is 0.0814. The second-order valence-electron chi connectivity index (χ2n) is 7.97. The lowest BCUT2D eigenvalue weighted by Crippen LogP contribution is -2.55. The summed E-state index contributed by atoms with van der Waals surface area (Å²) in [6, 6.07) is 4.89. The zero-order chi connectivity index (χ0) is 24.6. The molecular formula is C21H23ClFN7O2S2. The van der Waals surface area contributed by atoms with Crippen molar-refractivity contribution in [2.24, 2.45) is 5.92 Å². The van der Waals surface area contributed by atoms with Crippen molar-refractivity contribution in [3.05, 3.63) is 52.4 Å². The van der Waals surface area contributed by atoms with Gasteiger partial charge in [-0.3, -0.25) is 10.2 Å². The highest BCUT2D eigenvalue weighted by atomic mass is 35.5. The van der Waals surface area contributed by atoms with Crippen LogP contribution < -0.4 is 10.6 Å². The average molecular weight is 524 g/mol. The van der Waals surface area contributed by atoms with E-state index in [9.17, 15) is 12.9 Å². The molecule has 1 aromatic carbocycles. The van der Waals surface area contributed by atoms with Crippen LogP contribution >= 0.6 is 23.9 Å². The number of aromatic nitrogens is 3. The fourth-order valence-electron chi connectivity index (χ4n) is 3.78. The van der Waals surface area contributed by atoms with Gasteiger partial charge in [-0.15, -0.1) is 3.89 Å². The second-order valence-corrected chi connectivity index (χ2v) is 10.3. The molecule has 34 heavy (non-hydrogen) atoms. The van der Waals surface area contributed by atoms with Crippen molar-refractivity contribution in [1.29, 1.82) is 5.41 Å². The summed E-state index contributed by atoms with van der Waals surface area (Å²) in [4.78, 5) is 21.9. The van der Waals surface area contributed by atoms with Crippen molar-refractivity contribution in [3.8, 4) is 0 Å². The predicted molar refractivity (Wildman–Crippen MR) is 135 cm³/mol. The van der Waals surface area contributed by atoms with E-state index in [-0.39, 0.29) is 52.4 Å². The highest BCUT2D eigenvalue weighted by Gasteiger charge is 2.34. The Labute approximate surface area is 208 Å². The Balaban J connectivity index is 1.63. The maximum absolute atomic E-state index is 13.5. The maximum Gasteiger partial charge on any atom is 0.255 e. The van der Waals surface area contributed by atoms with Crippen molar-refractivity contribution in [2.45, 2.75) is 13.0 Å². The molecule has 180 valence electrons. The number of benzene rings is 1. The number of amides is 1. The summed E-state index contributed by atoms with van der Waals surface area (Å²) < 4.78 is 28.0. The standard InChI is InChI=1S/C21H23ClFN7O2S2/c1-11(12-8-29(9-12)34(3)32)27-21(31)15-10-30(33-23)20-19(15)28-17(7-26-20)18(24)14-5-4-13(22)6-16(14)25-2/h4-7,10-12,24-25H,8-9H2,1-3H3,(H,27,31). The van der Waals surface area contributed by atoms with E-state index in [0.717, 1.165) is 3.97 Å². The number of nitrogens with zero attached hydrogens (tertiary/aromatic N) is 4. The molecule has 3 N–H and O–H groups in total. The van der Waals surface area contributed by atoms with Crippen LogP contribution in [0, 0.1) is 11.3 Å². The van der Waals surface area contributed by atoms with Gasteiger partial charge in [0.15, 0.2) is 18.0 Å². The number of anilines is 1. The van der Waals surface area contributed by atoms with Gasteiger partial charge >= 0.3 is 0 Å². The van der Waals surface area contributed by atoms with Crippen LogP contribution in [0.25, 0.3) is 11.2 Å².